The highest BCUT2D eigenvalue weighted by atomic mass is 79.9. The van der Waals surface area contributed by atoms with E-state index >= 15 is 0 Å². The Morgan fingerprint density at radius 1 is 1.47 bits per heavy atom. The molecule has 0 atom stereocenters. The van der Waals surface area contributed by atoms with Crippen molar-refractivity contribution in [1.29, 1.82) is 0 Å². The highest BCUT2D eigenvalue weighted by Gasteiger charge is 2.08. The van der Waals surface area contributed by atoms with E-state index in [2.05, 4.69) is 26.3 Å². The van der Waals surface area contributed by atoms with Crippen molar-refractivity contribution in [1.82, 2.24) is 9.78 Å². The van der Waals surface area contributed by atoms with Gasteiger partial charge in [0.2, 0.25) is 5.91 Å². The summed E-state index contributed by atoms with van der Waals surface area (Å²) < 4.78 is 2.23. The number of nitrogens with zero attached hydrogens (tertiary/aromatic N) is 2. The molecule has 1 heterocycles. The van der Waals surface area contributed by atoms with E-state index in [0.717, 1.165) is 0 Å². The van der Waals surface area contributed by atoms with Crippen LogP contribution in [-0.2, 0) is 11.3 Å². The van der Waals surface area contributed by atoms with Crippen LogP contribution in [0.5, 0.6) is 0 Å². The molecule has 1 aromatic heterocycles. The predicted molar refractivity (Wildman–Crippen MR) is 70.0 cm³/mol. The zero-order valence-corrected chi connectivity index (χ0v) is 11.1. The fourth-order valence-corrected chi connectivity index (χ4v) is 1.87. The second-order valence-electron chi connectivity index (χ2n) is 3.35. The lowest BCUT2D eigenvalue weighted by Gasteiger charge is -2.08. The van der Waals surface area contributed by atoms with Crippen LogP contribution in [0, 0.1) is 0 Å². The maximum atomic E-state index is 11.7. The normalized spacial score (nSPS) is 10.2. The summed E-state index contributed by atoms with van der Waals surface area (Å²) in [5.74, 6) is -0.156. The Balaban J connectivity index is 2.06. The molecule has 2 aromatic rings. The smallest absolute Gasteiger partial charge is 0.246 e. The molecule has 1 N–H and O–H groups in total. The van der Waals surface area contributed by atoms with Crippen LogP contribution >= 0.6 is 27.5 Å². The summed E-state index contributed by atoms with van der Waals surface area (Å²) in [6.45, 7) is 0.173. The maximum absolute atomic E-state index is 11.7. The first-order chi connectivity index (χ1) is 8.16. The minimum atomic E-state index is -0.156. The molecule has 88 valence electrons. The zero-order chi connectivity index (χ0) is 12.3. The van der Waals surface area contributed by atoms with Gasteiger partial charge in [0.1, 0.15) is 6.54 Å². The molecular formula is C11H9BrClN3O. The monoisotopic (exact) mass is 313 g/mol. The number of aromatic nitrogens is 2. The van der Waals surface area contributed by atoms with Crippen molar-refractivity contribution in [2.24, 2.45) is 0 Å². The number of halogens is 2. The van der Waals surface area contributed by atoms with Gasteiger partial charge in [0.05, 0.1) is 15.2 Å². The lowest BCUT2D eigenvalue weighted by molar-refractivity contribution is -0.116. The molecule has 0 spiro atoms. The lowest BCUT2D eigenvalue weighted by Crippen LogP contribution is -2.19. The second-order valence-corrected chi connectivity index (χ2v) is 4.55. The Bertz CT molecular complexity index is 528. The van der Waals surface area contributed by atoms with Crippen LogP contribution < -0.4 is 5.32 Å². The predicted octanol–water partition coefficient (Wildman–Crippen LogP) is 2.94. The molecule has 0 aliphatic heterocycles. The van der Waals surface area contributed by atoms with Gasteiger partial charge in [-0.2, -0.15) is 5.10 Å². The van der Waals surface area contributed by atoms with Crippen LogP contribution in [0.4, 0.5) is 5.69 Å². The fourth-order valence-electron chi connectivity index (χ4n) is 1.33. The van der Waals surface area contributed by atoms with Gasteiger partial charge >= 0.3 is 0 Å². The van der Waals surface area contributed by atoms with Gasteiger partial charge in [-0.1, -0.05) is 17.7 Å². The SMILES string of the molecule is O=C(Cn1cccn1)Nc1cccc(Cl)c1Br. The van der Waals surface area contributed by atoms with Gasteiger partial charge < -0.3 is 5.32 Å². The summed E-state index contributed by atoms with van der Waals surface area (Å²) in [6.07, 6.45) is 3.36. The standard InChI is InChI=1S/C11H9BrClN3O/c12-11-8(13)3-1-4-9(11)15-10(17)7-16-6-2-5-14-16/h1-6H,7H2,(H,15,17). The number of nitrogens with one attached hydrogen (secondary N) is 1. The van der Waals surface area contributed by atoms with E-state index in [1.165, 1.54) is 0 Å². The molecule has 0 aliphatic rings. The molecule has 0 fully saturated rings. The summed E-state index contributed by atoms with van der Waals surface area (Å²) in [4.78, 5) is 11.7. The highest BCUT2D eigenvalue weighted by Crippen LogP contribution is 2.29. The Hall–Kier alpha value is -1.33. The van der Waals surface area contributed by atoms with Gasteiger partial charge in [-0.25, -0.2) is 0 Å². The summed E-state index contributed by atoms with van der Waals surface area (Å²) in [7, 11) is 0. The molecule has 1 aromatic carbocycles. The van der Waals surface area contributed by atoms with Crippen molar-refractivity contribution in [3.8, 4) is 0 Å². The largest absolute Gasteiger partial charge is 0.323 e. The molecule has 0 saturated carbocycles. The van der Waals surface area contributed by atoms with Gasteiger partial charge in [-0.15, -0.1) is 0 Å². The van der Waals surface area contributed by atoms with Crippen molar-refractivity contribution in [3.63, 3.8) is 0 Å². The first-order valence-electron chi connectivity index (χ1n) is 4.88. The molecule has 0 saturated heterocycles. The molecule has 0 radical (unpaired) electrons. The van der Waals surface area contributed by atoms with E-state index in [1.54, 1.807) is 41.3 Å². The molecule has 0 bridgehead atoms. The minimum absolute atomic E-state index is 0.156. The molecule has 1 amide bonds. The van der Waals surface area contributed by atoms with E-state index in [0.29, 0.717) is 15.2 Å². The lowest BCUT2D eigenvalue weighted by atomic mass is 10.3. The fraction of sp³-hybridized carbons (Fsp3) is 0.0909. The van der Waals surface area contributed by atoms with Crippen LogP contribution in [0.3, 0.4) is 0 Å². The van der Waals surface area contributed by atoms with E-state index in [4.69, 9.17) is 11.6 Å². The van der Waals surface area contributed by atoms with E-state index in [9.17, 15) is 4.79 Å². The number of benzene rings is 1. The van der Waals surface area contributed by atoms with Crippen molar-refractivity contribution < 1.29 is 4.79 Å². The number of hydrogen-bond donors (Lipinski definition) is 1. The molecule has 4 nitrogen and oxygen atoms in total. The van der Waals surface area contributed by atoms with E-state index < -0.39 is 0 Å². The minimum Gasteiger partial charge on any atom is -0.323 e. The van der Waals surface area contributed by atoms with Gasteiger partial charge in [-0.3, -0.25) is 9.48 Å². The summed E-state index contributed by atoms with van der Waals surface area (Å²) in [5.41, 5.74) is 0.648. The average Bonchev–Trinajstić information content (AvgIpc) is 2.77. The van der Waals surface area contributed by atoms with Crippen LogP contribution in [0.1, 0.15) is 0 Å². The van der Waals surface area contributed by atoms with Crippen molar-refractivity contribution in [2.45, 2.75) is 6.54 Å². The number of anilines is 1. The molecule has 2 rings (SSSR count). The third-order valence-electron chi connectivity index (χ3n) is 2.09. The quantitative estimate of drug-likeness (QED) is 0.947. The first kappa shape index (κ1) is 12.1. The van der Waals surface area contributed by atoms with E-state index in [1.807, 2.05) is 0 Å². The first-order valence-corrected chi connectivity index (χ1v) is 6.05. The van der Waals surface area contributed by atoms with Crippen molar-refractivity contribution in [3.05, 3.63) is 46.2 Å². The molecule has 0 aliphatic carbocycles. The van der Waals surface area contributed by atoms with Crippen LogP contribution in [0.25, 0.3) is 0 Å². The number of amides is 1. The third kappa shape index (κ3) is 3.08. The van der Waals surface area contributed by atoms with Gasteiger partial charge in [0.25, 0.3) is 0 Å². The Labute approximate surface area is 112 Å². The number of carbonyl (C=O) groups excluding carboxylic acids is 1. The van der Waals surface area contributed by atoms with Gasteiger partial charge in [0, 0.05) is 12.4 Å². The van der Waals surface area contributed by atoms with Crippen molar-refractivity contribution in [2.75, 3.05) is 5.32 Å². The number of carbonyl (C=O) groups is 1. The van der Waals surface area contributed by atoms with Crippen molar-refractivity contribution >= 4 is 39.1 Å². The summed E-state index contributed by atoms with van der Waals surface area (Å²) in [6, 6.07) is 7.06. The molecule has 17 heavy (non-hydrogen) atoms. The Kier molecular flexibility index (Phi) is 3.81. The molecule has 0 unspecified atom stereocenters. The zero-order valence-electron chi connectivity index (χ0n) is 8.73. The number of rotatable bonds is 3. The summed E-state index contributed by atoms with van der Waals surface area (Å²) in [5, 5.41) is 7.27. The molecular weight excluding hydrogens is 305 g/mol. The van der Waals surface area contributed by atoms with Gasteiger partial charge in [0.15, 0.2) is 0 Å². The third-order valence-corrected chi connectivity index (χ3v) is 3.49. The van der Waals surface area contributed by atoms with E-state index in [-0.39, 0.29) is 12.5 Å². The Morgan fingerprint density at radius 3 is 3.00 bits per heavy atom. The van der Waals surface area contributed by atoms with Crippen LogP contribution in [0.15, 0.2) is 41.1 Å². The number of hydrogen-bond acceptors (Lipinski definition) is 2. The topological polar surface area (TPSA) is 46.9 Å². The van der Waals surface area contributed by atoms with Gasteiger partial charge in [-0.05, 0) is 34.1 Å². The molecule has 6 heteroatoms. The van der Waals surface area contributed by atoms with Crippen LogP contribution in [0.2, 0.25) is 5.02 Å². The Morgan fingerprint density at radius 2 is 2.29 bits per heavy atom. The average molecular weight is 315 g/mol. The van der Waals surface area contributed by atoms with Crippen LogP contribution in [-0.4, -0.2) is 15.7 Å². The highest BCUT2D eigenvalue weighted by molar-refractivity contribution is 9.10. The summed E-state index contributed by atoms with van der Waals surface area (Å²) >= 11 is 9.24. The maximum Gasteiger partial charge on any atom is 0.246 e. The second kappa shape index (κ2) is 5.33.